The van der Waals surface area contributed by atoms with E-state index in [1.54, 1.807) is 0 Å². The number of benzene rings is 2. The van der Waals surface area contributed by atoms with Crippen LogP contribution in [0.5, 0.6) is 0 Å². The van der Waals surface area contributed by atoms with Gasteiger partial charge >= 0.3 is 0 Å². The van der Waals surface area contributed by atoms with Crippen molar-refractivity contribution in [3.8, 4) is 0 Å². The molecule has 0 fully saturated rings. The quantitative estimate of drug-likeness (QED) is 0.507. The molecule has 0 aliphatic carbocycles. The number of nitrogens with zero attached hydrogens (tertiary/aromatic N) is 1. The number of fused-ring (bicyclic) bond motifs is 4. The molecule has 1 aliphatic rings. The maximum atomic E-state index is 3.75. The van der Waals surface area contributed by atoms with Gasteiger partial charge in [0.25, 0.3) is 0 Å². The molecule has 2 nitrogen and oxygen atoms in total. The molecule has 0 bridgehead atoms. The van der Waals surface area contributed by atoms with Gasteiger partial charge in [-0.25, -0.2) is 0 Å². The van der Waals surface area contributed by atoms with Crippen molar-refractivity contribution < 1.29 is 0 Å². The van der Waals surface area contributed by atoms with Crippen molar-refractivity contribution in [2.24, 2.45) is 0 Å². The maximum absolute atomic E-state index is 3.75. The molecule has 2 heterocycles. The molecule has 1 N–H and O–H groups in total. The first-order valence-corrected chi connectivity index (χ1v) is 9.72. The predicted octanol–water partition coefficient (Wildman–Crippen LogP) is 6.94. The standard InChI is InChI=1S/C24H28N2/c1-5-11-17(12-6-2)26-21-16-10-7-13-18(21)22-23(26)24(3,4)19-14-8-9-15-20(19)25-22/h5,7-11,13-17,25H,6,12H2,1-4H3/b11-5-. The molecular weight excluding hydrogens is 316 g/mol. The van der Waals surface area contributed by atoms with Crippen LogP contribution in [0, 0.1) is 0 Å². The lowest BCUT2D eigenvalue weighted by molar-refractivity contribution is 0.497. The molecule has 0 saturated carbocycles. The summed E-state index contributed by atoms with van der Waals surface area (Å²) in [7, 11) is 0. The predicted molar refractivity (Wildman–Crippen MR) is 113 cm³/mol. The summed E-state index contributed by atoms with van der Waals surface area (Å²) >= 11 is 0. The SMILES string of the molecule is C/C=C\C(CCC)n1c2c(c3ccccc31)Nc1ccccc1C2(C)C. The van der Waals surface area contributed by atoms with Gasteiger partial charge in [0.15, 0.2) is 0 Å². The Bertz CT molecular complexity index is 975. The fraction of sp³-hybridized carbons (Fsp3) is 0.333. The lowest BCUT2D eigenvalue weighted by Gasteiger charge is -2.36. The molecule has 2 aromatic carbocycles. The maximum Gasteiger partial charge on any atom is 0.0686 e. The number of para-hydroxylation sites is 2. The van der Waals surface area contributed by atoms with Crippen LogP contribution in [-0.2, 0) is 5.41 Å². The minimum absolute atomic E-state index is 0.0518. The van der Waals surface area contributed by atoms with Gasteiger partial charge in [-0.15, -0.1) is 0 Å². The van der Waals surface area contributed by atoms with E-state index in [0.29, 0.717) is 6.04 Å². The second kappa shape index (κ2) is 6.35. The Kier molecular flexibility index (Phi) is 4.14. The van der Waals surface area contributed by atoms with Gasteiger partial charge < -0.3 is 9.88 Å². The minimum Gasteiger partial charge on any atom is -0.353 e. The summed E-state index contributed by atoms with van der Waals surface area (Å²) in [5.41, 5.74) is 6.54. The van der Waals surface area contributed by atoms with E-state index in [9.17, 15) is 0 Å². The molecule has 26 heavy (non-hydrogen) atoms. The third-order valence-electron chi connectivity index (χ3n) is 5.69. The van der Waals surface area contributed by atoms with E-state index in [1.807, 2.05) is 0 Å². The Morgan fingerprint density at radius 3 is 2.58 bits per heavy atom. The fourth-order valence-electron chi connectivity index (χ4n) is 4.58. The molecule has 0 amide bonds. The molecule has 134 valence electrons. The van der Waals surface area contributed by atoms with E-state index < -0.39 is 0 Å². The van der Waals surface area contributed by atoms with Gasteiger partial charge in [0.1, 0.15) is 0 Å². The molecule has 0 spiro atoms. The molecule has 3 aromatic rings. The number of hydrogen-bond donors (Lipinski definition) is 1. The second-order valence-corrected chi connectivity index (χ2v) is 7.79. The zero-order valence-corrected chi connectivity index (χ0v) is 16.2. The summed E-state index contributed by atoms with van der Waals surface area (Å²) in [6.45, 7) is 9.12. The van der Waals surface area contributed by atoms with Crippen LogP contribution in [-0.4, -0.2) is 4.57 Å². The lowest BCUT2D eigenvalue weighted by atomic mass is 9.77. The van der Waals surface area contributed by atoms with Crippen molar-refractivity contribution in [3.05, 3.63) is 71.9 Å². The third-order valence-corrected chi connectivity index (χ3v) is 5.69. The van der Waals surface area contributed by atoms with Crippen molar-refractivity contribution in [1.82, 2.24) is 4.57 Å². The Morgan fingerprint density at radius 1 is 1.08 bits per heavy atom. The van der Waals surface area contributed by atoms with E-state index in [-0.39, 0.29) is 5.41 Å². The summed E-state index contributed by atoms with van der Waals surface area (Å²) < 4.78 is 2.58. The lowest BCUT2D eigenvalue weighted by Crippen LogP contribution is -2.29. The first-order valence-electron chi connectivity index (χ1n) is 9.72. The fourth-order valence-corrected chi connectivity index (χ4v) is 4.58. The molecule has 1 atom stereocenters. The summed E-state index contributed by atoms with van der Waals surface area (Å²) in [6, 6.07) is 17.9. The molecular formula is C24H28N2. The third kappa shape index (κ3) is 2.39. The zero-order valence-electron chi connectivity index (χ0n) is 16.2. The molecule has 4 rings (SSSR count). The highest BCUT2D eigenvalue weighted by Gasteiger charge is 2.38. The average molecular weight is 345 g/mol. The number of nitrogens with one attached hydrogen (secondary N) is 1. The zero-order chi connectivity index (χ0) is 18.3. The van der Waals surface area contributed by atoms with Crippen LogP contribution in [0.3, 0.4) is 0 Å². The summed E-state index contributed by atoms with van der Waals surface area (Å²) in [5, 5.41) is 5.07. The minimum atomic E-state index is -0.0518. The van der Waals surface area contributed by atoms with Crippen LogP contribution in [0.1, 0.15) is 57.8 Å². The molecule has 0 saturated heterocycles. The van der Waals surface area contributed by atoms with Gasteiger partial charge in [0.05, 0.1) is 22.9 Å². The summed E-state index contributed by atoms with van der Waals surface area (Å²) in [5.74, 6) is 0. The molecule has 0 radical (unpaired) electrons. The van der Waals surface area contributed by atoms with Gasteiger partial charge in [0, 0.05) is 16.5 Å². The van der Waals surface area contributed by atoms with Crippen molar-refractivity contribution in [2.75, 3.05) is 5.32 Å². The highest BCUT2D eigenvalue weighted by molar-refractivity contribution is 5.99. The number of rotatable bonds is 4. The van der Waals surface area contributed by atoms with Crippen LogP contribution in [0.4, 0.5) is 11.4 Å². The molecule has 1 aliphatic heterocycles. The van der Waals surface area contributed by atoms with E-state index in [1.165, 1.54) is 40.0 Å². The highest BCUT2D eigenvalue weighted by atomic mass is 15.1. The smallest absolute Gasteiger partial charge is 0.0686 e. The first kappa shape index (κ1) is 17.0. The average Bonchev–Trinajstić information content (AvgIpc) is 2.97. The van der Waals surface area contributed by atoms with Crippen molar-refractivity contribution in [3.63, 3.8) is 0 Å². The molecule has 1 aromatic heterocycles. The Hall–Kier alpha value is -2.48. The van der Waals surface area contributed by atoms with Crippen molar-refractivity contribution in [2.45, 2.75) is 52.0 Å². The number of hydrogen-bond acceptors (Lipinski definition) is 1. The number of anilines is 2. The number of allylic oxidation sites excluding steroid dienone is 2. The van der Waals surface area contributed by atoms with Crippen molar-refractivity contribution >= 4 is 22.3 Å². The first-order chi connectivity index (χ1) is 12.6. The van der Waals surface area contributed by atoms with E-state index in [4.69, 9.17) is 0 Å². The second-order valence-electron chi connectivity index (χ2n) is 7.79. The highest BCUT2D eigenvalue weighted by Crippen LogP contribution is 2.50. The van der Waals surface area contributed by atoms with Gasteiger partial charge in [-0.1, -0.05) is 75.7 Å². The molecule has 1 unspecified atom stereocenters. The normalized spacial score (nSPS) is 16.3. The van der Waals surface area contributed by atoms with Gasteiger partial charge in [-0.05, 0) is 31.0 Å². The summed E-state index contributed by atoms with van der Waals surface area (Å²) in [6.07, 6.45) is 6.86. The van der Waals surface area contributed by atoms with Gasteiger partial charge in [-0.3, -0.25) is 0 Å². The molecule has 2 heteroatoms. The van der Waals surface area contributed by atoms with Crippen LogP contribution in [0.25, 0.3) is 10.9 Å². The van der Waals surface area contributed by atoms with Crippen LogP contribution in [0.15, 0.2) is 60.7 Å². The largest absolute Gasteiger partial charge is 0.353 e. The van der Waals surface area contributed by atoms with Gasteiger partial charge in [0.2, 0.25) is 0 Å². The number of aromatic nitrogens is 1. The van der Waals surface area contributed by atoms with Crippen molar-refractivity contribution in [1.29, 1.82) is 0 Å². The van der Waals surface area contributed by atoms with Crippen LogP contribution < -0.4 is 5.32 Å². The van der Waals surface area contributed by atoms with E-state index >= 15 is 0 Å². The Labute approximate surface area is 156 Å². The van der Waals surface area contributed by atoms with Crippen LogP contribution in [0.2, 0.25) is 0 Å². The van der Waals surface area contributed by atoms with Gasteiger partial charge in [-0.2, -0.15) is 0 Å². The Morgan fingerprint density at radius 2 is 1.81 bits per heavy atom. The topological polar surface area (TPSA) is 17.0 Å². The van der Waals surface area contributed by atoms with Crippen LogP contribution >= 0.6 is 0 Å². The van der Waals surface area contributed by atoms with E-state index in [0.717, 1.165) is 6.42 Å². The summed E-state index contributed by atoms with van der Waals surface area (Å²) in [4.78, 5) is 0. The Balaban J connectivity index is 2.07. The van der Waals surface area contributed by atoms with E-state index in [2.05, 4.69) is 98.3 Å². The monoisotopic (exact) mass is 344 g/mol.